The number of rotatable bonds is 7. The van der Waals surface area contributed by atoms with Crippen LogP contribution in [0.15, 0.2) is 59.2 Å². The number of amides is 1. The van der Waals surface area contributed by atoms with Gasteiger partial charge in [-0.3, -0.25) is 4.79 Å². The van der Waals surface area contributed by atoms with E-state index in [1.165, 1.54) is 7.11 Å². The highest BCUT2D eigenvalue weighted by Gasteiger charge is 2.20. The van der Waals surface area contributed by atoms with Gasteiger partial charge in [0, 0.05) is 12.1 Å². The van der Waals surface area contributed by atoms with E-state index in [0.29, 0.717) is 29.2 Å². The van der Waals surface area contributed by atoms with E-state index in [4.69, 9.17) is 25.0 Å². The van der Waals surface area contributed by atoms with Gasteiger partial charge in [-0.25, -0.2) is 0 Å². The number of anilines is 1. The van der Waals surface area contributed by atoms with Crippen molar-refractivity contribution in [3.05, 3.63) is 82.8 Å². The Kier molecular flexibility index (Phi) is 5.75. The summed E-state index contributed by atoms with van der Waals surface area (Å²) >= 11 is 0. The highest BCUT2D eigenvalue weighted by atomic mass is 16.5. The van der Waals surface area contributed by atoms with Crippen molar-refractivity contribution in [1.82, 2.24) is 5.32 Å². The Morgan fingerprint density at radius 1 is 1.29 bits per heavy atom. The lowest BCUT2D eigenvalue weighted by atomic mass is 10.00. The van der Waals surface area contributed by atoms with Gasteiger partial charge < -0.3 is 30.4 Å². The number of methoxy groups -OCH3 is 1. The first-order valence-corrected chi connectivity index (χ1v) is 9.86. The zero-order chi connectivity index (χ0) is 21.8. The highest BCUT2D eigenvalue weighted by Crippen LogP contribution is 2.31. The Bertz CT molecular complexity index is 1150. The summed E-state index contributed by atoms with van der Waals surface area (Å²) in [5.41, 5.74) is 9.42. The third-order valence-electron chi connectivity index (χ3n) is 5.07. The summed E-state index contributed by atoms with van der Waals surface area (Å²) in [4.78, 5) is 12.7. The van der Waals surface area contributed by atoms with Crippen molar-refractivity contribution in [3.8, 4) is 11.5 Å². The first-order chi connectivity index (χ1) is 15.1. The SMILES string of the molecule is COc1c(C(=O)NCc2ccco2)ccc(N)c1C(=N)/C=C/c1ccc2c(c1)CCO2. The Hall–Kier alpha value is -4.00. The molecule has 4 N–H and O–H groups in total. The van der Waals surface area contributed by atoms with Gasteiger partial charge in [-0.1, -0.05) is 12.1 Å². The van der Waals surface area contributed by atoms with Gasteiger partial charge in [0.05, 0.1) is 43.4 Å². The molecule has 0 bridgehead atoms. The number of nitrogens with one attached hydrogen (secondary N) is 2. The van der Waals surface area contributed by atoms with E-state index >= 15 is 0 Å². The molecular weight excluding hydrogens is 394 g/mol. The molecule has 2 heterocycles. The molecular formula is C24H23N3O4. The number of hydrogen-bond acceptors (Lipinski definition) is 6. The van der Waals surface area contributed by atoms with Crippen LogP contribution in [0.4, 0.5) is 5.69 Å². The zero-order valence-electron chi connectivity index (χ0n) is 17.1. The Morgan fingerprint density at radius 2 is 2.16 bits per heavy atom. The normalized spacial score (nSPS) is 12.4. The van der Waals surface area contributed by atoms with Crippen LogP contribution >= 0.6 is 0 Å². The molecule has 7 nitrogen and oxygen atoms in total. The molecule has 31 heavy (non-hydrogen) atoms. The first kappa shape index (κ1) is 20.3. The lowest BCUT2D eigenvalue weighted by molar-refractivity contribution is 0.0945. The molecule has 158 valence electrons. The molecule has 0 radical (unpaired) electrons. The minimum Gasteiger partial charge on any atom is -0.495 e. The topological polar surface area (TPSA) is 111 Å². The van der Waals surface area contributed by atoms with Crippen molar-refractivity contribution in [3.63, 3.8) is 0 Å². The van der Waals surface area contributed by atoms with Gasteiger partial charge in [-0.15, -0.1) is 0 Å². The number of nitrogens with two attached hydrogens (primary N) is 1. The smallest absolute Gasteiger partial charge is 0.255 e. The van der Waals surface area contributed by atoms with Gasteiger partial charge in [0.25, 0.3) is 5.91 Å². The Labute approximate surface area is 180 Å². The quantitative estimate of drug-likeness (QED) is 0.400. The molecule has 0 atom stereocenters. The minimum absolute atomic E-state index is 0.145. The molecule has 0 unspecified atom stereocenters. The lowest BCUT2D eigenvalue weighted by Gasteiger charge is -2.15. The third kappa shape index (κ3) is 4.30. The molecule has 0 fully saturated rings. The van der Waals surface area contributed by atoms with E-state index < -0.39 is 0 Å². The number of carbonyl (C=O) groups excluding carboxylic acids is 1. The molecule has 0 aliphatic carbocycles. The average Bonchev–Trinajstić information content (AvgIpc) is 3.46. The molecule has 0 saturated carbocycles. The molecule has 1 aliphatic heterocycles. The van der Waals surface area contributed by atoms with Gasteiger partial charge >= 0.3 is 0 Å². The van der Waals surface area contributed by atoms with Crippen LogP contribution in [0, 0.1) is 5.41 Å². The Balaban J connectivity index is 1.57. The highest BCUT2D eigenvalue weighted by molar-refractivity contribution is 6.15. The summed E-state index contributed by atoms with van der Waals surface area (Å²) < 4.78 is 16.3. The summed E-state index contributed by atoms with van der Waals surface area (Å²) in [6.45, 7) is 0.939. The number of allylic oxidation sites excluding steroid dienone is 1. The van der Waals surface area contributed by atoms with Crippen LogP contribution < -0.4 is 20.5 Å². The van der Waals surface area contributed by atoms with Crippen molar-refractivity contribution in [1.29, 1.82) is 5.41 Å². The van der Waals surface area contributed by atoms with E-state index in [-0.39, 0.29) is 23.9 Å². The van der Waals surface area contributed by atoms with Gasteiger partial charge in [0.15, 0.2) is 0 Å². The number of benzene rings is 2. The molecule has 4 rings (SSSR count). The fourth-order valence-corrected chi connectivity index (χ4v) is 3.52. The molecule has 7 heteroatoms. The summed E-state index contributed by atoms with van der Waals surface area (Å²) in [5.74, 6) is 1.46. The second-order valence-electron chi connectivity index (χ2n) is 7.09. The van der Waals surface area contributed by atoms with Crippen molar-refractivity contribution in [2.75, 3.05) is 19.5 Å². The lowest BCUT2D eigenvalue weighted by Crippen LogP contribution is -2.24. The van der Waals surface area contributed by atoms with Crippen molar-refractivity contribution < 1.29 is 18.7 Å². The maximum absolute atomic E-state index is 12.7. The third-order valence-corrected chi connectivity index (χ3v) is 5.07. The van der Waals surface area contributed by atoms with Gasteiger partial charge in [0.2, 0.25) is 0 Å². The van der Waals surface area contributed by atoms with E-state index in [1.807, 2.05) is 24.3 Å². The number of fused-ring (bicyclic) bond motifs is 1. The zero-order valence-corrected chi connectivity index (χ0v) is 17.1. The van der Waals surface area contributed by atoms with Crippen LogP contribution in [0.2, 0.25) is 0 Å². The molecule has 1 amide bonds. The summed E-state index contributed by atoms with van der Waals surface area (Å²) in [6.07, 6.45) is 5.91. The van der Waals surface area contributed by atoms with E-state index in [9.17, 15) is 4.79 Å². The second kappa shape index (κ2) is 8.79. The maximum Gasteiger partial charge on any atom is 0.255 e. The van der Waals surface area contributed by atoms with Gasteiger partial charge in [-0.05, 0) is 53.6 Å². The van der Waals surface area contributed by atoms with Crippen LogP contribution in [-0.4, -0.2) is 25.3 Å². The fourth-order valence-electron chi connectivity index (χ4n) is 3.52. The van der Waals surface area contributed by atoms with Crippen LogP contribution in [-0.2, 0) is 13.0 Å². The fraction of sp³-hybridized carbons (Fsp3) is 0.167. The molecule has 3 aromatic rings. The van der Waals surface area contributed by atoms with E-state index in [1.54, 1.807) is 36.6 Å². The number of ether oxygens (including phenoxy) is 2. The number of hydrogen-bond donors (Lipinski definition) is 3. The molecule has 1 aliphatic rings. The summed E-state index contributed by atoms with van der Waals surface area (Å²) in [6, 6.07) is 12.6. The predicted octanol–water partition coefficient (Wildman–Crippen LogP) is 3.82. The molecule has 2 aromatic carbocycles. The molecule has 1 aromatic heterocycles. The van der Waals surface area contributed by atoms with Crippen molar-refractivity contribution in [2.45, 2.75) is 13.0 Å². The first-order valence-electron chi connectivity index (χ1n) is 9.86. The van der Waals surface area contributed by atoms with Gasteiger partial charge in [-0.2, -0.15) is 0 Å². The summed E-state index contributed by atoms with van der Waals surface area (Å²) in [5, 5.41) is 11.3. The Morgan fingerprint density at radius 3 is 2.94 bits per heavy atom. The van der Waals surface area contributed by atoms with Crippen molar-refractivity contribution >= 4 is 23.4 Å². The maximum atomic E-state index is 12.7. The van der Waals surface area contributed by atoms with E-state index in [2.05, 4.69) is 5.32 Å². The van der Waals surface area contributed by atoms with E-state index in [0.717, 1.165) is 23.3 Å². The molecule has 0 saturated heterocycles. The number of nitrogen functional groups attached to an aromatic ring is 1. The number of furan rings is 1. The monoisotopic (exact) mass is 417 g/mol. The average molecular weight is 417 g/mol. The number of carbonyl (C=O) groups is 1. The standard InChI is InChI=1S/C24H23N3O4/c1-29-23-18(24(28)27-14-17-3-2-11-30-17)6-8-20(26)22(23)19(25)7-4-15-5-9-21-16(13-15)10-12-31-21/h2-9,11,13,25H,10,12,14,26H2,1H3,(H,27,28)/b7-4+,25-19?. The minimum atomic E-state index is -0.343. The van der Waals surface area contributed by atoms with Crippen LogP contribution in [0.1, 0.15) is 32.8 Å². The van der Waals surface area contributed by atoms with Gasteiger partial charge in [0.1, 0.15) is 17.3 Å². The van der Waals surface area contributed by atoms with Crippen LogP contribution in [0.3, 0.4) is 0 Å². The summed E-state index contributed by atoms with van der Waals surface area (Å²) in [7, 11) is 1.46. The predicted molar refractivity (Wildman–Crippen MR) is 119 cm³/mol. The largest absolute Gasteiger partial charge is 0.495 e. The second-order valence-corrected chi connectivity index (χ2v) is 7.09. The van der Waals surface area contributed by atoms with Crippen LogP contribution in [0.5, 0.6) is 11.5 Å². The molecule has 0 spiro atoms. The van der Waals surface area contributed by atoms with Crippen molar-refractivity contribution in [2.24, 2.45) is 0 Å². The van der Waals surface area contributed by atoms with Crippen LogP contribution in [0.25, 0.3) is 6.08 Å².